The normalized spacial score (nSPS) is 37.4. The fourth-order valence-corrected chi connectivity index (χ4v) is 15.1. The zero-order chi connectivity index (χ0) is 55.0. The Morgan fingerprint density at radius 2 is 1.12 bits per heavy atom. The zero-order valence-corrected chi connectivity index (χ0v) is 42.5. The first-order valence-electron chi connectivity index (χ1n) is 26.8. The number of alkyl halides is 7. The van der Waals surface area contributed by atoms with Gasteiger partial charge in [-0.3, -0.25) is 38.4 Å². The third kappa shape index (κ3) is 9.67. The molecule has 5 N–H and O–H groups in total. The Kier molecular flexibility index (Phi) is 12.9. The number of piperidine rings is 2. The number of carbonyl (C=O) groups is 8. The van der Waals surface area contributed by atoms with Crippen molar-refractivity contribution in [2.75, 3.05) is 13.1 Å². The SMILES string of the molecule is CC1(F)CC(C(NC(=O)C(F)(F)F)C(=O)N2C[C@H]3[C@@H]([C@H]2C(=O)N[C@H](C#N)C[C@@H]2CC4(CC4)NC2=O)C3(C)CCC2(C)[C@@H]3[C@@H](C(=O)N[C@H](C#N)C[C@@H]4CC5(CC5)NC4=O)N(C(=O)C(CC(=O)C(F)(F)F)C4CCC4)C[C@@H]32)C1. The summed E-state index contributed by atoms with van der Waals surface area (Å²) in [5, 5.41) is 33.6. The lowest BCUT2D eigenvalue weighted by atomic mass is 9.69. The van der Waals surface area contributed by atoms with E-state index in [4.69, 9.17) is 0 Å². The Balaban J connectivity index is 0.885. The van der Waals surface area contributed by atoms with Gasteiger partial charge in [-0.05, 0) is 143 Å². The van der Waals surface area contributed by atoms with Crippen LogP contribution >= 0.6 is 0 Å². The van der Waals surface area contributed by atoms with Crippen LogP contribution in [0.2, 0.25) is 0 Å². The minimum Gasteiger partial charge on any atom is -0.350 e. The van der Waals surface area contributed by atoms with E-state index < -0.39 is 148 Å². The predicted molar refractivity (Wildman–Crippen MR) is 248 cm³/mol. The van der Waals surface area contributed by atoms with E-state index in [9.17, 15) is 79.6 Å². The number of hydrogen-bond donors (Lipinski definition) is 5. The molecule has 4 saturated heterocycles. The van der Waals surface area contributed by atoms with Gasteiger partial charge >= 0.3 is 18.3 Å². The third-order valence-electron chi connectivity index (χ3n) is 20.2. The Morgan fingerprint density at radius 1 is 0.671 bits per heavy atom. The van der Waals surface area contributed by atoms with E-state index in [1.165, 1.54) is 11.8 Å². The second kappa shape index (κ2) is 18.3. The van der Waals surface area contributed by atoms with Crippen molar-refractivity contribution in [3.63, 3.8) is 0 Å². The van der Waals surface area contributed by atoms with Crippen molar-refractivity contribution in [3.05, 3.63) is 0 Å². The summed E-state index contributed by atoms with van der Waals surface area (Å²) in [4.78, 5) is 111. The molecule has 414 valence electrons. The van der Waals surface area contributed by atoms with E-state index in [2.05, 4.69) is 27.3 Å². The van der Waals surface area contributed by atoms with Crippen LogP contribution in [-0.2, 0) is 38.4 Å². The number of hydrogen-bond acceptors (Lipinski definition) is 10. The molecule has 4 heterocycles. The minimum atomic E-state index is -5.40. The lowest BCUT2D eigenvalue weighted by Gasteiger charge is -2.44. The van der Waals surface area contributed by atoms with Gasteiger partial charge in [-0.25, -0.2) is 4.39 Å². The van der Waals surface area contributed by atoms with Crippen molar-refractivity contribution in [2.24, 2.45) is 64.1 Å². The number of halogens is 7. The predicted octanol–water partition coefficient (Wildman–Crippen LogP) is 3.95. The molecule has 7 amide bonds. The molecular weight excluding hydrogens is 1010 g/mol. The first-order valence-corrected chi connectivity index (χ1v) is 26.8. The second-order valence-electron chi connectivity index (χ2n) is 25.3. The standard InChI is InChI=1S/C52H64F7N9O8/c1-46(53)16-27(17-46)36(64-45(76)52(57,58)59)44(75)68-23-32-35(38(68)42(73)63-29(21-61)14-26-19-50(11-12-50)66-40(26)71)48(32,3)8-7-47(2)31-22-67(43(74)30(24-5-4-6-24)15-33(69)51(54,55)56)37(34(31)47)41(72)62-28(20-60)13-25-18-49(9-10-49)65-39(25)70/h24-32,34-38H,4-19,22-23H2,1-3H3,(H,62,72)(H,63,73)(H,64,76)(H,65,70)(H,66,71)/t25-,26-,27?,28+,29+,30?,31+,32+,34+,35+,36?,37+,38+,46?,47?,48?/m1/s1. The molecule has 6 saturated carbocycles. The second-order valence-corrected chi connectivity index (χ2v) is 25.3. The van der Waals surface area contributed by atoms with E-state index in [0.717, 1.165) is 30.6 Å². The van der Waals surface area contributed by atoms with Crippen molar-refractivity contribution in [1.82, 2.24) is 36.4 Å². The van der Waals surface area contributed by atoms with E-state index in [1.807, 2.05) is 19.9 Å². The maximum atomic E-state index is 14.9. The van der Waals surface area contributed by atoms with Crippen LogP contribution in [0.4, 0.5) is 30.7 Å². The minimum absolute atomic E-state index is 0.0148. The van der Waals surface area contributed by atoms with Gasteiger partial charge in [0.15, 0.2) is 0 Å². The molecule has 2 spiro atoms. The number of nitrogens with one attached hydrogen (secondary N) is 5. The van der Waals surface area contributed by atoms with Gasteiger partial charge in [-0.1, -0.05) is 20.3 Å². The van der Waals surface area contributed by atoms with Gasteiger partial charge in [0, 0.05) is 48.3 Å². The van der Waals surface area contributed by atoms with Crippen LogP contribution in [0.15, 0.2) is 0 Å². The first kappa shape index (κ1) is 53.8. The van der Waals surface area contributed by atoms with Crippen LogP contribution in [0.5, 0.6) is 0 Å². The molecule has 10 rings (SSSR count). The maximum Gasteiger partial charge on any atom is 0.471 e. The van der Waals surface area contributed by atoms with Crippen LogP contribution in [-0.4, -0.2) is 129 Å². The summed E-state index contributed by atoms with van der Waals surface area (Å²) in [6, 6.07) is -2.78. The van der Waals surface area contributed by atoms with Gasteiger partial charge in [0.25, 0.3) is 0 Å². The fourth-order valence-electron chi connectivity index (χ4n) is 15.1. The highest BCUT2D eigenvalue weighted by atomic mass is 19.4. The highest BCUT2D eigenvalue weighted by molar-refractivity contribution is 5.96. The number of Topliss-reactive ketones (excluding diaryl/α,β-unsaturated/α-hetero) is 1. The molecule has 6 aliphatic carbocycles. The number of rotatable bonds is 18. The van der Waals surface area contributed by atoms with Gasteiger partial charge in [-0.15, -0.1) is 0 Å². The van der Waals surface area contributed by atoms with Crippen LogP contribution in [0.25, 0.3) is 0 Å². The smallest absolute Gasteiger partial charge is 0.350 e. The van der Waals surface area contributed by atoms with Gasteiger partial charge in [0.05, 0.1) is 12.1 Å². The highest BCUT2D eigenvalue weighted by Crippen LogP contribution is 2.73. The average Bonchev–Trinajstić information content (AvgIpc) is 4.26. The zero-order valence-electron chi connectivity index (χ0n) is 42.5. The summed E-state index contributed by atoms with van der Waals surface area (Å²) in [7, 11) is 0. The number of nitriles is 2. The van der Waals surface area contributed by atoms with Crippen molar-refractivity contribution in [2.45, 2.75) is 183 Å². The molecule has 0 bridgehead atoms. The molecule has 14 atom stereocenters. The monoisotopic (exact) mass is 1080 g/mol. The van der Waals surface area contributed by atoms with E-state index in [-0.39, 0.29) is 67.6 Å². The molecule has 0 radical (unpaired) electrons. The van der Waals surface area contributed by atoms with Gasteiger partial charge < -0.3 is 36.4 Å². The largest absolute Gasteiger partial charge is 0.471 e. The van der Waals surface area contributed by atoms with Gasteiger partial charge in [0.1, 0.15) is 35.9 Å². The molecule has 0 aromatic heterocycles. The lowest BCUT2D eigenvalue weighted by Crippen LogP contribution is -2.62. The number of carbonyl (C=O) groups excluding carboxylic acids is 8. The molecule has 24 heteroatoms. The Morgan fingerprint density at radius 3 is 1.47 bits per heavy atom. The molecule has 10 aliphatic rings. The molecule has 4 aliphatic heterocycles. The highest BCUT2D eigenvalue weighted by Gasteiger charge is 2.76. The lowest BCUT2D eigenvalue weighted by molar-refractivity contribution is -0.176. The number of fused-ring (bicyclic) bond motifs is 2. The van der Waals surface area contributed by atoms with Crippen LogP contribution in [0, 0.1) is 86.8 Å². The number of likely N-dealkylation sites (tertiary alicyclic amines) is 2. The summed E-state index contributed by atoms with van der Waals surface area (Å²) in [5.74, 6) is -14.5. The van der Waals surface area contributed by atoms with Crippen molar-refractivity contribution in [1.29, 1.82) is 10.5 Å². The molecule has 0 aromatic carbocycles. The third-order valence-corrected chi connectivity index (χ3v) is 20.2. The topological polar surface area (TPSA) is 251 Å². The Bertz CT molecular complexity index is 2580. The fraction of sp³-hybridized carbons (Fsp3) is 0.808. The summed E-state index contributed by atoms with van der Waals surface area (Å²) in [6.45, 7) is 4.78. The molecule has 0 aromatic rings. The summed E-state index contributed by atoms with van der Waals surface area (Å²) in [6.07, 6.45) is -6.20. The quantitative estimate of drug-likeness (QED) is 0.124. The number of ketones is 1. The molecule has 4 unspecified atom stereocenters. The summed E-state index contributed by atoms with van der Waals surface area (Å²) >= 11 is 0. The molecule has 10 fully saturated rings. The van der Waals surface area contributed by atoms with E-state index in [1.54, 1.807) is 5.32 Å². The summed E-state index contributed by atoms with van der Waals surface area (Å²) in [5.41, 5.74) is -3.95. The van der Waals surface area contributed by atoms with Crippen LogP contribution in [0.3, 0.4) is 0 Å². The molecule has 76 heavy (non-hydrogen) atoms. The first-order chi connectivity index (χ1) is 35.5. The van der Waals surface area contributed by atoms with E-state index >= 15 is 0 Å². The average molecular weight is 1080 g/mol. The number of amides is 7. The molecular formula is C52H64F7N9O8. The number of nitrogens with zero attached hydrogens (tertiary/aromatic N) is 4. The van der Waals surface area contributed by atoms with Gasteiger partial charge in [0.2, 0.25) is 41.2 Å². The molecule has 17 nitrogen and oxygen atoms in total. The van der Waals surface area contributed by atoms with Crippen LogP contribution < -0.4 is 26.6 Å². The van der Waals surface area contributed by atoms with Crippen molar-refractivity contribution in [3.8, 4) is 12.1 Å². The maximum absolute atomic E-state index is 14.9. The Labute approximate surface area is 434 Å². The van der Waals surface area contributed by atoms with Crippen molar-refractivity contribution < 1.29 is 69.1 Å². The van der Waals surface area contributed by atoms with Gasteiger partial charge in [-0.2, -0.15) is 36.9 Å². The summed E-state index contributed by atoms with van der Waals surface area (Å²) < 4.78 is 97.0. The van der Waals surface area contributed by atoms with Crippen LogP contribution in [0.1, 0.15) is 124 Å². The van der Waals surface area contributed by atoms with E-state index in [0.29, 0.717) is 44.9 Å². The Hall–Kier alpha value is -5.55. The van der Waals surface area contributed by atoms with Crippen molar-refractivity contribution >= 4 is 47.1 Å².